The van der Waals surface area contributed by atoms with E-state index in [0.717, 1.165) is 23.5 Å². The summed E-state index contributed by atoms with van der Waals surface area (Å²) in [6, 6.07) is 5.16. The number of nitrogens with zero attached hydrogens (tertiary/aromatic N) is 1. The smallest absolute Gasteiger partial charge is 0.258 e. The Morgan fingerprint density at radius 2 is 2.27 bits per heavy atom. The quantitative estimate of drug-likeness (QED) is 0.467. The fraction of sp³-hybridized carbons (Fsp3) is 0.400. The molecule has 0 spiro atoms. The van der Waals surface area contributed by atoms with Crippen molar-refractivity contribution in [3.05, 3.63) is 38.3 Å². The van der Waals surface area contributed by atoms with E-state index in [2.05, 4.69) is 22.9 Å². The van der Waals surface area contributed by atoms with Gasteiger partial charge in [-0.25, -0.2) is 0 Å². The van der Waals surface area contributed by atoms with E-state index in [9.17, 15) is 10.1 Å². The first-order valence-electron chi connectivity index (χ1n) is 4.66. The van der Waals surface area contributed by atoms with Crippen molar-refractivity contribution < 1.29 is 4.92 Å². The van der Waals surface area contributed by atoms with Crippen LogP contribution in [0.4, 0.5) is 5.69 Å². The van der Waals surface area contributed by atoms with Gasteiger partial charge < -0.3 is 0 Å². The molecule has 82 valence electrons. The van der Waals surface area contributed by atoms with Crippen LogP contribution in [-0.4, -0.2) is 10.7 Å². The predicted molar refractivity (Wildman–Crippen MR) is 67.2 cm³/mol. The standard InChI is InChI=1S/C10H12BrNO2S/c1-2-6-15-7-8-4-3-5-9(10(8)11)12(13)14/h3-5H,2,6-7H2,1H3. The van der Waals surface area contributed by atoms with Gasteiger partial charge in [-0.2, -0.15) is 11.8 Å². The Balaban J connectivity index is 2.80. The van der Waals surface area contributed by atoms with Gasteiger partial charge in [-0.3, -0.25) is 10.1 Å². The van der Waals surface area contributed by atoms with Crippen LogP contribution < -0.4 is 0 Å². The molecule has 1 aromatic rings. The van der Waals surface area contributed by atoms with Gasteiger partial charge in [0.15, 0.2) is 0 Å². The Bertz CT molecular complexity index is 357. The van der Waals surface area contributed by atoms with E-state index in [-0.39, 0.29) is 10.6 Å². The van der Waals surface area contributed by atoms with Crippen molar-refractivity contribution in [1.82, 2.24) is 0 Å². The second-order valence-electron chi connectivity index (χ2n) is 3.06. The summed E-state index contributed by atoms with van der Waals surface area (Å²) in [6.45, 7) is 2.12. The SMILES string of the molecule is CCCSCc1cccc([N+](=O)[O-])c1Br. The Morgan fingerprint density at radius 3 is 2.87 bits per heavy atom. The Hall–Kier alpha value is -0.550. The molecule has 0 unspecified atom stereocenters. The first-order chi connectivity index (χ1) is 7.16. The molecule has 15 heavy (non-hydrogen) atoms. The molecular weight excluding hydrogens is 278 g/mol. The van der Waals surface area contributed by atoms with Crippen LogP contribution in [0.1, 0.15) is 18.9 Å². The molecule has 1 rings (SSSR count). The van der Waals surface area contributed by atoms with Crippen LogP contribution in [0.25, 0.3) is 0 Å². The van der Waals surface area contributed by atoms with E-state index in [1.807, 2.05) is 6.07 Å². The third-order valence-corrected chi connectivity index (χ3v) is 3.99. The Labute approximate surface area is 102 Å². The lowest BCUT2D eigenvalue weighted by Gasteiger charge is -2.03. The molecule has 0 fully saturated rings. The zero-order valence-electron chi connectivity index (χ0n) is 8.40. The van der Waals surface area contributed by atoms with Crippen molar-refractivity contribution in [3.63, 3.8) is 0 Å². The minimum Gasteiger partial charge on any atom is -0.258 e. The van der Waals surface area contributed by atoms with Crippen LogP contribution in [0, 0.1) is 10.1 Å². The number of nitro benzene ring substituents is 1. The van der Waals surface area contributed by atoms with Gasteiger partial charge in [0.2, 0.25) is 0 Å². The maximum Gasteiger partial charge on any atom is 0.283 e. The average Bonchev–Trinajstić information content (AvgIpc) is 2.20. The number of hydrogen-bond acceptors (Lipinski definition) is 3. The highest BCUT2D eigenvalue weighted by Crippen LogP contribution is 2.30. The Kier molecular flexibility index (Phi) is 5.11. The molecule has 0 aromatic heterocycles. The van der Waals surface area contributed by atoms with Crippen LogP contribution in [-0.2, 0) is 5.75 Å². The lowest BCUT2D eigenvalue weighted by atomic mass is 10.2. The van der Waals surface area contributed by atoms with Crippen molar-refractivity contribution in [3.8, 4) is 0 Å². The van der Waals surface area contributed by atoms with Gasteiger partial charge in [-0.15, -0.1) is 0 Å². The van der Waals surface area contributed by atoms with Crippen LogP contribution in [0.15, 0.2) is 22.7 Å². The second-order valence-corrected chi connectivity index (χ2v) is 4.96. The lowest BCUT2D eigenvalue weighted by molar-refractivity contribution is -0.385. The number of hydrogen-bond donors (Lipinski definition) is 0. The topological polar surface area (TPSA) is 43.1 Å². The molecule has 0 radical (unpaired) electrons. The monoisotopic (exact) mass is 289 g/mol. The molecule has 1 aromatic carbocycles. The molecule has 3 nitrogen and oxygen atoms in total. The normalized spacial score (nSPS) is 10.3. The minimum absolute atomic E-state index is 0.143. The molecule has 0 atom stereocenters. The molecule has 0 saturated heterocycles. The third-order valence-electron chi connectivity index (χ3n) is 1.86. The van der Waals surface area contributed by atoms with Crippen LogP contribution in [0.2, 0.25) is 0 Å². The molecule has 0 aliphatic heterocycles. The zero-order chi connectivity index (χ0) is 11.3. The average molecular weight is 290 g/mol. The summed E-state index contributed by atoms with van der Waals surface area (Å²) in [7, 11) is 0. The third kappa shape index (κ3) is 3.50. The summed E-state index contributed by atoms with van der Waals surface area (Å²) >= 11 is 5.07. The maximum atomic E-state index is 10.7. The van der Waals surface area contributed by atoms with Crippen LogP contribution >= 0.6 is 27.7 Å². The maximum absolute atomic E-state index is 10.7. The summed E-state index contributed by atoms with van der Waals surface area (Å²) in [6.07, 6.45) is 1.12. The predicted octanol–water partition coefficient (Wildman–Crippen LogP) is 4.00. The van der Waals surface area contributed by atoms with E-state index in [0.29, 0.717) is 4.47 Å². The number of rotatable bonds is 5. The largest absolute Gasteiger partial charge is 0.283 e. The number of halogens is 1. The van der Waals surface area contributed by atoms with Crippen LogP contribution in [0.5, 0.6) is 0 Å². The second kappa shape index (κ2) is 6.12. The highest BCUT2D eigenvalue weighted by Gasteiger charge is 2.14. The van der Waals surface area contributed by atoms with Gasteiger partial charge in [-0.1, -0.05) is 19.1 Å². The zero-order valence-corrected chi connectivity index (χ0v) is 10.8. The van der Waals surface area contributed by atoms with Gasteiger partial charge in [0, 0.05) is 11.8 Å². The molecule has 0 amide bonds. The highest BCUT2D eigenvalue weighted by atomic mass is 79.9. The van der Waals surface area contributed by atoms with Gasteiger partial charge in [0.25, 0.3) is 5.69 Å². The summed E-state index contributed by atoms with van der Waals surface area (Å²) in [5, 5.41) is 10.7. The molecule has 0 aliphatic carbocycles. The lowest BCUT2D eigenvalue weighted by Crippen LogP contribution is -1.92. The summed E-state index contributed by atoms with van der Waals surface area (Å²) in [5.41, 5.74) is 1.13. The molecule has 0 saturated carbocycles. The summed E-state index contributed by atoms with van der Waals surface area (Å²) < 4.78 is 0.610. The summed E-state index contributed by atoms with van der Waals surface area (Å²) in [4.78, 5) is 10.3. The van der Waals surface area contributed by atoms with E-state index < -0.39 is 0 Å². The van der Waals surface area contributed by atoms with Crippen LogP contribution in [0.3, 0.4) is 0 Å². The fourth-order valence-electron chi connectivity index (χ4n) is 1.15. The number of benzene rings is 1. The van der Waals surface area contributed by atoms with Crippen molar-refractivity contribution >= 4 is 33.4 Å². The minimum atomic E-state index is -0.363. The first-order valence-corrected chi connectivity index (χ1v) is 6.61. The van der Waals surface area contributed by atoms with Gasteiger partial charge in [0.1, 0.15) is 0 Å². The molecule has 0 bridgehead atoms. The first kappa shape index (κ1) is 12.5. The number of thioether (sulfide) groups is 1. The molecule has 5 heteroatoms. The van der Waals surface area contributed by atoms with Crippen molar-refractivity contribution in [2.24, 2.45) is 0 Å². The number of nitro groups is 1. The van der Waals surface area contributed by atoms with E-state index in [1.54, 1.807) is 17.8 Å². The molecular formula is C10H12BrNO2S. The Morgan fingerprint density at radius 1 is 1.53 bits per heavy atom. The van der Waals surface area contributed by atoms with Crippen molar-refractivity contribution in [2.45, 2.75) is 19.1 Å². The van der Waals surface area contributed by atoms with Gasteiger partial charge in [-0.05, 0) is 33.7 Å². The van der Waals surface area contributed by atoms with E-state index in [4.69, 9.17) is 0 Å². The molecule has 0 aliphatic rings. The summed E-state index contributed by atoms with van der Waals surface area (Å²) in [5.74, 6) is 1.89. The highest BCUT2D eigenvalue weighted by molar-refractivity contribution is 9.10. The fourth-order valence-corrected chi connectivity index (χ4v) is 2.77. The van der Waals surface area contributed by atoms with Crippen molar-refractivity contribution in [1.29, 1.82) is 0 Å². The van der Waals surface area contributed by atoms with Crippen molar-refractivity contribution in [2.75, 3.05) is 5.75 Å². The molecule has 0 heterocycles. The molecule has 0 N–H and O–H groups in total. The van der Waals surface area contributed by atoms with Gasteiger partial charge in [0.05, 0.1) is 9.40 Å². The van der Waals surface area contributed by atoms with Gasteiger partial charge >= 0.3 is 0 Å². The van der Waals surface area contributed by atoms with E-state index in [1.165, 1.54) is 6.07 Å². The van der Waals surface area contributed by atoms with E-state index >= 15 is 0 Å².